The van der Waals surface area contributed by atoms with Gasteiger partial charge >= 0.3 is 6.18 Å². The average Bonchev–Trinajstić information content (AvgIpc) is 3.11. The SMILES string of the molecule is COc1nc(C)ccc1C(=O)N1CCC(n2ccc(C(F)(F)F)n2)CC1. The highest BCUT2D eigenvalue weighted by Gasteiger charge is 2.35. The van der Waals surface area contributed by atoms with Gasteiger partial charge in [-0.1, -0.05) is 0 Å². The van der Waals surface area contributed by atoms with Crippen molar-refractivity contribution < 1.29 is 22.7 Å². The Hall–Kier alpha value is -2.58. The molecular formula is C17H19F3N4O2. The molecule has 3 heterocycles. The third-order valence-corrected chi connectivity index (χ3v) is 4.45. The molecule has 0 spiro atoms. The van der Waals surface area contributed by atoms with Crippen LogP contribution >= 0.6 is 0 Å². The number of hydrogen-bond acceptors (Lipinski definition) is 4. The zero-order valence-electron chi connectivity index (χ0n) is 14.5. The summed E-state index contributed by atoms with van der Waals surface area (Å²) in [6.07, 6.45) is -2.03. The first-order valence-electron chi connectivity index (χ1n) is 8.23. The van der Waals surface area contributed by atoms with Gasteiger partial charge in [-0.25, -0.2) is 4.98 Å². The van der Waals surface area contributed by atoms with Crippen LogP contribution < -0.4 is 4.74 Å². The molecule has 0 N–H and O–H groups in total. The van der Waals surface area contributed by atoms with Crippen LogP contribution in [0.2, 0.25) is 0 Å². The summed E-state index contributed by atoms with van der Waals surface area (Å²) in [5, 5.41) is 3.63. The van der Waals surface area contributed by atoms with E-state index >= 15 is 0 Å². The lowest BCUT2D eigenvalue weighted by molar-refractivity contribution is -0.141. The van der Waals surface area contributed by atoms with Gasteiger partial charge in [0.25, 0.3) is 5.91 Å². The summed E-state index contributed by atoms with van der Waals surface area (Å²) in [7, 11) is 1.46. The van der Waals surface area contributed by atoms with E-state index in [0.717, 1.165) is 11.8 Å². The van der Waals surface area contributed by atoms with Crippen LogP contribution in [-0.4, -0.2) is 45.8 Å². The number of halogens is 3. The molecule has 0 unspecified atom stereocenters. The van der Waals surface area contributed by atoms with E-state index in [1.807, 2.05) is 6.92 Å². The van der Waals surface area contributed by atoms with Gasteiger partial charge in [0.05, 0.1) is 13.2 Å². The van der Waals surface area contributed by atoms with Gasteiger partial charge in [-0.05, 0) is 38.0 Å². The number of ether oxygens (including phenoxy) is 1. The first-order valence-corrected chi connectivity index (χ1v) is 8.23. The van der Waals surface area contributed by atoms with Crippen molar-refractivity contribution in [1.82, 2.24) is 19.7 Å². The highest BCUT2D eigenvalue weighted by Crippen LogP contribution is 2.30. The molecule has 2 aromatic heterocycles. The fraction of sp³-hybridized carbons (Fsp3) is 0.471. The quantitative estimate of drug-likeness (QED) is 0.835. The number of carbonyl (C=O) groups is 1. The predicted molar refractivity (Wildman–Crippen MR) is 86.9 cm³/mol. The number of pyridine rings is 1. The predicted octanol–water partition coefficient (Wildman–Crippen LogP) is 3.09. The van der Waals surface area contributed by atoms with Crippen molar-refractivity contribution in [2.45, 2.75) is 32.0 Å². The van der Waals surface area contributed by atoms with Crippen molar-refractivity contribution in [1.29, 1.82) is 0 Å². The van der Waals surface area contributed by atoms with Crippen molar-refractivity contribution in [2.75, 3.05) is 20.2 Å². The molecule has 6 nitrogen and oxygen atoms in total. The minimum absolute atomic E-state index is 0.159. The Kier molecular flexibility index (Phi) is 4.88. The molecule has 0 atom stereocenters. The van der Waals surface area contributed by atoms with Crippen LogP contribution in [0.25, 0.3) is 0 Å². The van der Waals surface area contributed by atoms with Crippen LogP contribution in [0.15, 0.2) is 24.4 Å². The van der Waals surface area contributed by atoms with E-state index in [1.165, 1.54) is 18.0 Å². The summed E-state index contributed by atoms with van der Waals surface area (Å²) in [4.78, 5) is 18.6. The molecule has 3 rings (SSSR count). The Morgan fingerprint density at radius 2 is 1.92 bits per heavy atom. The smallest absolute Gasteiger partial charge is 0.435 e. The second-order valence-corrected chi connectivity index (χ2v) is 6.21. The third-order valence-electron chi connectivity index (χ3n) is 4.45. The number of aryl methyl sites for hydroxylation is 1. The Balaban J connectivity index is 1.67. The molecule has 1 aliphatic rings. The molecule has 0 aliphatic carbocycles. The van der Waals surface area contributed by atoms with Gasteiger partial charge in [-0.15, -0.1) is 0 Å². The summed E-state index contributed by atoms with van der Waals surface area (Å²) in [5.74, 6) is 0.0864. The average molecular weight is 368 g/mol. The Morgan fingerprint density at radius 3 is 2.50 bits per heavy atom. The van der Waals surface area contributed by atoms with Gasteiger partial charge in [-0.2, -0.15) is 18.3 Å². The Labute approximate surface area is 148 Å². The standard InChI is InChI=1S/C17H19F3N4O2/c1-11-3-4-13(15(21-11)26-2)16(25)23-8-5-12(6-9-23)24-10-7-14(22-24)17(18,19)20/h3-4,7,10,12H,5-6,8-9H2,1-2H3. The number of carbonyl (C=O) groups excluding carboxylic acids is 1. The normalized spacial score (nSPS) is 16.0. The summed E-state index contributed by atoms with van der Waals surface area (Å²) in [6, 6.07) is 4.23. The van der Waals surface area contributed by atoms with E-state index < -0.39 is 11.9 Å². The minimum Gasteiger partial charge on any atom is -0.480 e. The molecule has 1 saturated heterocycles. The highest BCUT2D eigenvalue weighted by atomic mass is 19.4. The van der Waals surface area contributed by atoms with Crippen LogP contribution in [0.4, 0.5) is 13.2 Å². The lowest BCUT2D eigenvalue weighted by atomic mass is 10.0. The fourth-order valence-corrected chi connectivity index (χ4v) is 3.05. The summed E-state index contributed by atoms with van der Waals surface area (Å²) in [5.41, 5.74) is 0.234. The van der Waals surface area contributed by atoms with Crippen LogP contribution in [0, 0.1) is 6.92 Å². The number of nitrogens with zero attached hydrogens (tertiary/aromatic N) is 4. The summed E-state index contributed by atoms with van der Waals surface area (Å²) >= 11 is 0. The first-order chi connectivity index (χ1) is 12.3. The zero-order valence-corrected chi connectivity index (χ0v) is 14.5. The van der Waals surface area contributed by atoms with Gasteiger partial charge < -0.3 is 9.64 Å². The maximum absolute atomic E-state index is 12.7. The molecule has 0 bridgehead atoms. The second-order valence-electron chi connectivity index (χ2n) is 6.21. The molecule has 1 aliphatic heterocycles. The van der Waals surface area contributed by atoms with Crippen LogP contribution in [0.3, 0.4) is 0 Å². The van der Waals surface area contributed by atoms with Gasteiger partial charge in [0, 0.05) is 25.0 Å². The van der Waals surface area contributed by atoms with Crippen LogP contribution in [0.5, 0.6) is 5.88 Å². The van der Waals surface area contributed by atoms with Gasteiger partial charge in [-0.3, -0.25) is 9.48 Å². The van der Waals surface area contributed by atoms with Gasteiger partial charge in [0.2, 0.25) is 5.88 Å². The van der Waals surface area contributed by atoms with E-state index in [-0.39, 0.29) is 17.8 Å². The molecule has 9 heteroatoms. The van der Waals surface area contributed by atoms with E-state index in [9.17, 15) is 18.0 Å². The molecule has 0 radical (unpaired) electrons. The number of rotatable bonds is 3. The number of methoxy groups -OCH3 is 1. The van der Waals surface area contributed by atoms with Gasteiger partial charge in [0.1, 0.15) is 5.56 Å². The zero-order chi connectivity index (χ0) is 18.9. The number of hydrogen-bond donors (Lipinski definition) is 0. The summed E-state index contributed by atoms with van der Waals surface area (Å²) in [6.45, 7) is 2.67. The maximum atomic E-state index is 12.7. The van der Waals surface area contributed by atoms with E-state index in [0.29, 0.717) is 31.5 Å². The second kappa shape index (κ2) is 6.97. The van der Waals surface area contributed by atoms with E-state index in [4.69, 9.17) is 4.74 Å². The number of amides is 1. The molecule has 1 amide bonds. The fourth-order valence-electron chi connectivity index (χ4n) is 3.05. The summed E-state index contributed by atoms with van der Waals surface area (Å²) < 4.78 is 44.6. The third kappa shape index (κ3) is 3.66. The molecule has 0 aromatic carbocycles. The number of piperidine rings is 1. The lowest BCUT2D eigenvalue weighted by Crippen LogP contribution is -2.39. The monoisotopic (exact) mass is 368 g/mol. The molecule has 26 heavy (non-hydrogen) atoms. The van der Waals surface area contributed by atoms with Crippen molar-refractivity contribution >= 4 is 5.91 Å². The molecule has 140 valence electrons. The van der Waals surface area contributed by atoms with Crippen LogP contribution in [0.1, 0.15) is 40.6 Å². The number of aromatic nitrogens is 3. The molecule has 1 fully saturated rings. The Morgan fingerprint density at radius 1 is 1.23 bits per heavy atom. The number of likely N-dealkylation sites (tertiary alicyclic amines) is 1. The highest BCUT2D eigenvalue weighted by molar-refractivity contribution is 5.96. The van der Waals surface area contributed by atoms with E-state index in [2.05, 4.69) is 10.1 Å². The minimum atomic E-state index is -4.45. The number of alkyl halides is 3. The van der Waals surface area contributed by atoms with Crippen LogP contribution in [-0.2, 0) is 6.18 Å². The maximum Gasteiger partial charge on any atom is 0.435 e. The molecule has 2 aromatic rings. The van der Waals surface area contributed by atoms with Gasteiger partial charge in [0.15, 0.2) is 5.69 Å². The van der Waals surface area contributed by atoms with Crippen molar-refractivity contribution in [2.24, 2.45) is 0 Å². The topological polar surface area (TPSA) is 60.2 Å². The first kappa shape index (κ1) is 18.2. The Bertz CT molecular complexity index is 796. The largest absolute Gasteiger partial charge is 0.480 e. The molecule has 0 saturated carbocycles. The van der Waals surface area contributed by atoms with Crippen molar-refractivity contribution in [3.05, 3.63) is 41.3 Å². The van der Waals surface area contributed by atoms with E-state index in [1.54, 1.807) is 17.0 Å². The van der Waals surface area contributed by atoms with Crippen molar-refractivity contribution in [3.63, 3.8) is 0 Å². The van der Waals surface area contributed by atoms with Crippen molar-refractivity contribution in [3.8, 4) is 5.88 Å². The molecular weight excluding hydrogens is 349 g/mol. The lowest BCUT2D eigenvalue weighted by Gasteiger charge is -2.32.